The van der Waals surface area contributed by atoms with Crippen LogP contribution in [0.15, 0.2) is 42.6 Å². The number of nitrogens with one attached hydrogen (secondary N) is 1. The molecule has 27 heavy (non-hydrogen) atoms. The number of nitrogens with two attached hydrogens (primary N) is 1. The molecule has 2 aromatic rings. The molecule has 0 radical (unpaired) electrons. The summed E-state index contributed by atoms with van der Waals surface area (Å²) in [6.45, 7) is 6.69. The summed E-state index contributed by atoms with van der Waals surface area (Å²) in [4.78, 5) is 16.4. The van der Waals surface area contributed by atoms with E-state index in [1.165, 1.54) is 0 Å². The van der Waals surface area contributed by atoms with Gasteiger partial charge in [0.15, 0.2) is 0 Å². The molecular formula is C20H28ClN3O3. The Labute approximate surface area is 166 Å². The van der Waals surface area contributed by atoms with Crippen molar-refractivity contribution in [3.05, 3.63) is 48.2 Å². The number of pyridine rings is 1. The van der Waals surface area contributed by atoms with E-state index in [0.717, 1.165) is 17.7 Å². The molecule has 1 aromatic carbocycles. The van der Waals surface area contributed by atoms with Gasteiger partial charge in [-0.05, 0) is 56.2 Å². The molecule has 0 spiro atoms. The fraction of sp³-hybridized carbons (Fsp3) is 0.400. The molecule has 0 bridgehead atoms. The van der Waals surface area contributed by atoms with Crippen molar-refractivity contribution in [2.45, 2.75) is 45.7 Å². The number of aromatic nitrogens is 1. The molecule has 1 heterocycles. The SMILES string of the molecule is CCCC(C)(N)C(=O)NCc1ccnc(Oc2ccc(OCC)cc2)c1.Cl. The molecule has 0 aliphatic rings. The molecule has 6 nitrogen and oxygen atoms in total. The van der Waals surface area contributed by atoms with Crippen molar-refractivity contribution in [1.29, 1.82) is 0 Å². The summed E-state index contributed by atoms with van der Waals surface area (Å²) in [6, 6.07) is 11.0. The molecule has 0 saturated heterocycles. The van der Waals surface area contributed by atoms with Gasteiger partial charge in [-0.1, -0.05) is 13.3 Å². The van der Waals surface area contributed by atoms with Crippen LogP contribution in [0, 0.1) is 0 Å². The first-order chi connectivity index (χ1) is 12.4. The predicted octanol–water partition coefficient (Wildman–Crippen LogP) is 3.83. The van der Waals surface area contributed by atoms with E-state index in [-0.39, 0.29) is 18.3 Å². The van der Waals surface area contributed by atoms with Gasteiger partial charge < -0.3 is 20.5 Å². The third kappa shape index (κ3) is 7.07. The Hall–Kier alpha value is -2.31. The second-order valence-corrected chi connectivity index (χ2v) is 6.36. The van der Waals surface area contributed by atoms with Crippen molar-refractivity contribution in [1.82, 2.24) is 10.3 Å². The van der Waals surface area contributed by atoms with Gasteiger partial charge in [0.05, 0.1) is 12.1 Å². The van der Waals surface area contributed by atoms with E-state index in [2.05, 4.69) is 10.3 Å². The zero-order chi connectivity index (χ0) is 19.0. The largest absolute Gasteiger partial charge is 0.494 e. The van der Waals surface area contributed by atoms with Crippen LogP contribution in [0.4, 0.5) is 0 Å². The molecule has 1 unspecified atom stereocenters. The van der Waals surface area contributed by atoms with Crippen LogP contribution in [0.3, 0.4) is 0 Å². The molecule has 0 saturated carbocycles. The van der Waals surface area contributed by atoms with Crippen LogP contribution >= 0.6 is 12.4 Å². The smallest absolute Gasteiger partial charge is 0.240 e. The minimum absolute atomic E-state index is 0. The molecule has 148 valence electrons. The summed E-state index contributed by atoms with van der Waals surface area (Å²) in [5.41, 5.74) is 6.07. The standard InChI is InChI=1S/C20H27N3O3.ClH/c1-4-11-20(3,21)19(24)23-14-15-10-12-22-18(13-15)26-17-8-6-16(7-9-17)25-5-2;/h6-10,12-13H,4-5,11,14,21H2,1-3H3,(H,23,24);1H. The van der Waals surface area contributed by atoms with Gasteiger partial charge in [0, 0.05) is 18.8 Å². The number of halogens is 1. The summed E-state index contributed by atoms with van der Waals surface area (Å²) in [7, 11) is 0. The van der Waals surface area contributed by atoms with Gasteiger partial charge in [0.1, 0.15) is 11.5 Å². The minimum atomic E-state index is -0.858. The number of hydrogen-bond donors (Lipinski definition) is 2. The van der Waals surface area contributed by atoms with Crippen molar-refractivity contribution in [3.63, 3.8) is 0 Å². The van der Waals surface area contributed by atoms with E-state index in [1.807, 2.05) is 44.2 Å². The quantitative estimate of drug-likeness (QED) is 0.676. The molecule has 1 amide bonds. The summed E-state index contributed by atoms with van der Waals surface area (Å²) in [6.07, 6.45) is 3.15. The van der Waals surface area contributed by atoms with E-state index in [9.17, 15) is 4.79 Å². The molecule has 1 atom stereocenters. The molecular weight excluding hydrogens is 366 g/mol. The van der Waals surface area contributed by atoms with Gasteiger partial charge in [0.2, 0.25) is 11.8 Å². The molecule has 2 rings (SSSR count). The maximum absolute atomic E-state index is 12.2. The zero-order valence-electron chi connectivity index (χ0n) is 16.0. The maximum Gasteiger partial charge on any atom is 0.240 e. The van der Waals surface area contributed by atoms with Crippen LogP contribution in [0.25, 0.3) is 0 Å². The van der Waals surface area contributed by atoms with Crippen molar-refractivity contribution >= 4 is 18.3 Å². The Bertz CT molecular complexity index is 721. The summed E-state index contributed by atoms with van der Waals surface area (Å²) < 4.78 is 11.2. The first kappa shape index (κ1) is 22.7. The lowest BCUT2D eigenvalue weighted by molar-refractivity contribution is -0.126. The third-order valence-corrected chi connectivity index (χ3v) is 3.90. The number of hydrogen-bond acceptors (Lipinski definition) is 5. The predicted molar refractivity (Wildman–Crippen MR) is 109 cm³/mol. The van der Waals surface area contributed by atoms with Gasteiger partial charge in [-0.2, -0.15) is 0 Å². The van der Waals surface area contributed by atoms with Crippen LogP contribution in [-0.2, 0) is 11.3 Å². The fourth-order valence-electron chi connectivity index (χ4n) is 2.52. The van der Waals surface area contributed by atoms with Gasteiger partial charge in [-0.3, -0.25) is 4.79 Å². The molecule has 0 aliphatic heterocycles. The second-order valence-electron chi connectivity index (χ2n) is 6.36. The Morgan fingerprint density at radius 1 is 1.19 bits per heavy atom. The van der Waals surface area contributed by atoms with Gasteiger partial charge in [-0.25, -0.2) is 4.98 Å². The summed E-state index contributed by atoms with van der Waals surface area (Å²) >= 11 is 0. The molecule has 1 aromatic heterocycles. The number of amides is 1. The van der Waals surface area contributed by atoms with E-state index in [0.29, 0.717) is 31.2 Å². The van der Waals surface area contributed by atoms with E-state index >= 15 is 0 Å². The van der Waals surface area contributed by atoms with Crippen LogP contribution < -0.4 is 20.5 Å². The molecule has 0 aliphatic carbocycles. The highest BCUT2D eigenvalue weighted by Gasteiger charge is 2.26. The average molecular weight is 394 g/mol. The number of nitrogens with zero attached hydrogens (tertiary/aromatic N) is 1. The maximum atomic E-state index is 12.2. The summed E-state index contributed by atoms with van der Waals surface area (Å²) in [5.74, 6) is 1.76. The van der Waals surface area contributed by atoms with E-state index in [4.69, 9.17) is 15.2 Å². The lowest BCUT2D eigenvalue weighted by Crippen LogP contribution is -2.51. The lowest BCUT2D eigenvalue weighted by Gasteiger charge is -2.22. The molecule has 0 fully saturated rings. The number of benzene rings is 1. The van der Waals surface area contributed by atoms with Crippen LogP contribution in [-0.4, -0.2) is 23.0 Å². The topological polar surface area (TPSA) is 86.5 Å². The monoisotopic (exact) mass is 393 g/mol. The average Bonchev–Trinajstić information content (AvgIpc) is 2.62. The highest BCUT2D eigenvalue weighted by atomic mass is 35.5. The lowest BCUT2D eigenvalue weighted by atomic mass is 9.96. The zero-order valence-corrected chi connectivity index (χ0v) is 16.8. The van der Waals surface area contributed by atoms with Crippen LogP contribution in [0.2, 0.25) is 0 Å². The van der Waals surface area contributed by atoms with E-state index < -0.39 is 5.54 Å². The number of ether oxygens (including phenoxy) is 2. The Kier molecular flexibility index (Phi) is 9.05. The van der Waals surface area contributed by atoms with Crippen molar-refractivity contribution in [2.24, 2.45) is 5.73 Å². The van der Waals surface area contributed by atoms with Crippen LogP contribution in [0.5, 0.6) is 17.4 Å². The van der Waals surface area contributed by atoms with Gasteiger partial charge in [0.25, 0.3) is 0 Å². The molecule has 3 N–H and O–H groups in total. The number of carbonyl (C=O) groups excluding carboxylic acids is 1. The fourth-order valence-corrected chi connectivity index (χ4v) is 2.52. The number of carbonyl (C=O) groups is 1. The first-order valence-corrected chi connectivity index (χ1v) is 8.87. The normalized spacial score (nSPS) is 12.4. The molecule has 7 heteroatoms. The van der Waals surface area contributed by atoms with Gasteiger partial charge >= 0.3 is 0 Å². The Balaban J connectivity index is 0.00000364. The minimum Gasteiger partial charge on any atom is -0.494 e. The Morgan fingerprint density at radius 3 is 2.48 bits per heavy atom. The van der Waals surface area contributed by atoms with Crippen molar-refractivity contribution in [2.75, 3.05) is 6.61 Å². The third-order valence-electron chi connectivity index (χ3n) is 3.90. The van der Waals surface area contributed by atoms with Crippen LogP contribution in [0.1, 0.15) is 39.2 Å². The van der Waals surface area contributed by atoms with Gasteiger partial charge in [-0.15, -0.1) is 12.4 Å². The van der Waals surface area contributed by atoms with Crippen molar-refractivity contribution in [3.8, 4) is 17.4 Å². The number of rotatable bonds is 9. The Morgan fingerprint density at radius 2 is 1.85 bits per heavy atom. The highest BCUT2D eigenvalue weighted by Crippen LogP contribution is 2.23. The van der Waals surface area contributed by atoms with Crippen molar-refractivity contribution < 1.29 is 14.3 Å². The summed E-state index contributed by atoms with van der Waals surface area (Å²) in [5, 5.41) is 2.87. The first-order valence-electron chi connectivity index (χ1n) is 8.87. The second kappa shape index (κ2) is 10.7. The van der Waals surface area contributed by atoms with E-state index in [1.54, 1.807) is 19.2 Å². The highest BCUT2D eigenvalue weighted by molar-refractivity contribution is 5.85.